The van der Waals surface area contributed by atoms with Crippen LogP contribution in [0, 0.1) is 11.8 Å². The quantitative estimate of drug-likeness (QED) is 0.526. The first kappa shape index (κ1) is 23.6. The fraction of sp³-hybridized carbons (Fsp3) is 0.636. The van der Waals surface area contributed by atoms with Crippen LogP contribution in [0.2, 0.25) is 5.02 Å². The van der Waals surface area contributed by atoms with Gasteiger partial charge in [-0.3, -0.25) is 14.4 Å². The molecule has 7 heteroatoms. The summed E-state index contributed by atoms with van der Waals surface area (Å²) in [7, 11) is 3.02. The van der Waals surface area contributed by atoms with Crippen molar-refractivity contribution in [2.24, 2.45) is 11.8 Å². The molecule has 1 aliphatic heterocycles. The average Bonchev–Trinajstić information content (AvgIpc) is 2.63. The number of hydroxylamine groups is 2. The zero-order chi connectivity index (χ0) is 21.6. The fourth-order valence-corrected chi connectivity index (χ4v) is 3.62. The maximum Gasteiger partial charge on any atom is 0.309 e. The first-order valence-electron chi connectivity index (χ1n) is 10.0. The van der Waals surface area contributed by atoms with E-state index in [9.17, 15) is 9.59 Å². The Morgan fingerprint density at radius 2 is 1.86 bits per heavy atom. The molecule has 0 aliphatic carbocycles. The summed E-state index contributed by atoms with van der Waals surface area (Å²) in [6, 6.07) is 7.58. The standard InChI is InChI=1S/C22H32ClNO5/c1-22(2,3)29-21(26)18-7-6-8-19(20(25)24(4)27-5)28-14-16(18)13-15-9-11-17(23)12-10-15/h9-12,16,18-19H,6-8,13-14H2,1-5H3/t16-,18?,19+/m0/s1. The monoisotopic (exact) mass is 425 g/mol. The third kappa shape index (κ3) is 7.28. The van der Waals surface area contributed by atoms with E-state index in [1.807, 2.05) is 45.0 Å². The minimum absolute atomic E-state index is 0.102. The molecule has 3 atom stereocenters. The molecule has 0 N–H and O–H groups in total. The lowest BCUT2D eigenvalue weighted by molar-refractivity contribution is -0.184. The van der Waals surface area contributed by atoms with E-state index in [2.05, 4.69) is 0 Å². The number of rotatable bonds is 5. The Hall–Kier alpha value is -1.63. The number of hydrogen-bond donors (Lipinski definition) is 0. The number of amides is 1. The van der Waals surface area contributed by atoms with E-state index < -0.39 is 11.7 Å². The molecule has 1 amide bonds. The van der Waals surface area contributed by atoms with E-state index >= 15 is 0 Å². The van der Waals surface area contributed by atoms with Gasteiger partial charge in [-0.05, 0) is 70.1 Å². The molecule has 1 saturated heterocycles. The number of likely N-dealkylation sites (N-methyl/N-ethyl adjacent to an activating group) is 1. The van der Waals surface area contributed by atoms with Gasteiger partial charge in [-0.2, -0.15) is 0 Å². The normalized spacial score (nSPS) is 23.0. The average molecular weight is 426 g/mol. The number of halogens is 1. The lowest BCUT2D eigenvalue weighted by Crippen LogP contribution is -2.42. The van der Waals surface area contributed by atoms with E-state index in [-0.39, 0.29) is 23.7 Å². The van der Waals surface area contributed by atoms with Crippen LogP contribution in [-0.4, -0.2) is 49.4 Å². The van der Waals surface area contributed by atoms with Crippen LogP contribution >= 0.6 is 11.6 Å². The van der Waals surface area contributed by atoms with Crippen molar-refractivity contribution < 1.29 is 23.9 Å². The zero-order valence-corrected chi connectivity index (χ0v) is 18.7. The van der Waals surface area contributed by atoms with Crippen LogP contribution in [0.3, 0.4) is 0 Å². The highest BCUT2D eigenvalue weighted by molar-refractivity contribution is 6.30. The Kier molecular flexibility index (Phi) is 8.49. The summed E-state index contributed by atoms with van der Waals surface area (Å²) in [5.74, 6) is -0.817. The van der Waals surface area contributed by atoms with Crippen LogP contribution in [0.5, 0.6) is 0 Å². The molecule has 1 aliphatic rings. The number of hydrogen-bond acceptors (Lipinski definition) is 5. The van der Waals surface area contributed by atoms with Crippen LogP contribution < -0.4 is 0 Å². The molecule has 1 aromatic carbocycles. The molecule has 1 unspecified atom stereocenters. The first-order chi connectivity index (χ1) is 13.6. The van der Waals surface area contributed by atoms with Crippen molar-refractivity contribution in [2.45, 2.75) is 58.2 Å². The van der Waals surface area contributed by atoms with Gasteiger partial charge < -0.3 is 9.47 Å². The van der Waals surface area contributed by atoms with Gasteiger partial charge in [-0.1, -0.05) is 23.7 Å². The van der Waals surface area contributed by atoms with E-state index in [4.69, 9.17) is 25.9 Å². The van der Waals surface area contributed by atoms with Crippen molar-refractivity contribution in [3.63, 3.8) is 0 Å². The van der Waals surface area contributed by atoms with Gasteiger partial charge in [0, 0.05) is 12.1 Å². The summed E-state index contributed by atoms with van der Waals surface area (Å²) in [5.41, 5.74) is 0.513. The minimum atomic E-state index is -0.577. The second-order valence-corrected chi connectivity index (χ2v) is 8.94. The Bertz CT molecular complexity index is 685. The predicted octanol–water partition coefficient (Wildman–Crippen LogP) is 4.05. The number of esters is 1. The van der Waals surface area contributed by atoms with Crippen LogP contribution in [-0.2, 0) is 30.3 Å². The molecule has 1 fully saturated rings. The minimum Gasteiger partial charge on any atom is -0.460 e. The van der Waals surface area contributed by atoms with Gasteiger partial charge in [0.2, 0.25) is 0 Å². The summed E-state index contributed by atoms with van der Waals surface area (Å²) >= 11 is 6.00. The van der Waals surface area contributed by atoms with Crippen molar-refractivity contribution in [3.8, 4) is 0 Å². The van der Waals surface area contributed by atoms with Crippen molar-refractivity contribution in [1.82, 2.24) is 5.06 Å². The number of benzene rings is 1. The molecule has 0 spiro atoms. The SMILES string of the molecule is CON(C)C(=O)[C@H]1CCCC(C(=O)OC(C)(C)C)[C@@H](Cc2ccc(Cl)cc2)CO1. The summed E-state index contributed by atoms with van der Waals surface area (Å²) in [6.07, 6.45) is 1.94. The molecule has 1 heterocycles. The maximum atomic E-state index is 12.9. The predicted molar refractivity (Wildman–Crippen MR) is 111 cm³/mol. The van der Waals surface area contributed by atoms with Crippen LogP contribution in [0.25, 0.3) is 0 Å². The number of carbonyl (C=O) groups excluding carboxylic acids is 2. The van der Waals surface area contributed by atoms with Crippen LogP contribution in [0.4, 0.5) is 0 Å². The van der Waals surface area contributed by atoms with Gasteiger partial charge in [0.15, 0.2) is 0 Å². The second-order valence-electron chi connectivity index (χ2n) is 8.50. The van der Waals surface area contributed by atoms with Crippen molar-refractivity contribution in [1.29, 1.82) is 0 Å². The molecule has 1 aromatic rings. The van der Waals surface area contributed by atoms with E-state index in [1.165, 1.54) is 12.2 Å². The molecule has 0 bridgehead atoms. The lowest BCUT2D eigenvalue weighted by Gasteiger charge is -2.33. The van der Waals surface area contributed by atoms with Crippen LogP contribution in [0.15, 0.2) is 24.3 Å². The van der Waals surface area contributed by atoms with E-state index in [0.717, 1.165) is 5.56 Å². The second kappa shape index (κ2) is 10.4. The summed E-state index contributed by atoms with van der Waals surface area (Å²) < 4.78 is 11.7. The van der Waals surface area contributed by atoms with Gasteiger partial charge in [0.25, 0.3) is 5.91 Å². The summed E-state index contributed by atoms with van der Waals surface area (Å²) in [6.45, 7) is 5.90. The Morgan fingerprint density at radius 3 is 2.45 bits per heavy atom. The Balaban J connectivity index is 2.19. The van der Waals surface area contributed by atoms with Gasteiger partial charge in [-0.25, -0.2) is 5.06 Å². The van der Waals surface area contributed by atoms with E-state index in [0.29, 0.717) is 37.3 Å². The van der Waals surface area contributed by atoms with Crippen LogP contribution in [0.1, 0.15) is 45.6 Å². The van der Waals surface area contributed by atoms with Crippen molar-refractivity contribution >= 4 is 23.5 Å². The number of nitrogens with zero attached hydrogens (tertiary/aromatic N) is 1. The Morgan fingerprint density at radius 1 is 1.21 bits per heavy atom. The molecule has 0 saturated carbocycles. The third-order valence-electron chi connectivity index (χ3n) is 5.04. The highest BCUT2D eigenvalue weighted by Gasteiger charge is 2.36. The van der Waals surface area contributed by atoms with Gasteiger partial charge in [-0.15, -0.1) is 0 Å². The molecule has 29 heavy (non-hydrogen) atoms. The van der Waals surface area contributed by atoms with Crippen molar-refractivity contribution in [3.05, 3.63) is 34.9 Å². The molecule has 0 radical (unpaired) electrons. The fourth-order valence-electron chi connectivity index (χ4n) is 3.50. The number of carbonyl (C=O) groups is 2. The van der Waals surface area contributed by atoms with Gasteiger partial charge >= 0.3 is 5.97 Å². The molecular weight excluding hydrogens is 394 g/mol. The van der Waals surface area contributed by atoms with Gasteiger partial charge in [0.1, 0.15) is 11.7 Å². The Labute approximate surface area is 178 Å². The largest absolute Gasteiger partial charge is 0.460 e. The van der Waals surface area contributed by atoms with Crippen molar-refractivity contribution in [2.75, 3.05) is 20.8 Å². The highest BCUT2D eigenvalue weighted by atomic mass is 35.5. The molecule has 0 aromatic heterocycles. The third-order valence-corrected chi connectivity index (χ3v) is 5.29. The lowest BCUT2D eigenvalue weighted by atomic mass is 9.82. The molecular formula is C22H32ClNO5. The topological polar surface area (TPSA) is 65.1 Å². The summed E-state index contributed by atoms with van der Waals surface area (Å²) in [4.78, 5) is 30.4. The van der Waals surface area contributed by atoms with E-state index in [1.54, 1.807) is 7.05 Å². The highest BCUT2D eigenvalue weighted by Crippen LogP contribution is 2.30. The number of ether oxygens (including phenoxy) is 2. The van der Waals surface area contributed by atoms with Gasteiger partial charge in [0.05, 0.1) is 19.6 Å². The first-order valence-corrected chi connectivity index (χ1v) is 10.4. The maximum absolute atomic E-state index is 12.9. The molecule has 2 rings (SSSR count). The summed E-state index contributed by atoms with van der Waals surface area (Å²) in [5, 5.41) is 1.85. The molecule has 162 valence electrons. The zero-order valence-electron chi connectivity index (χ0n) is 17.9. The molecule has 6 nitrogen and oxygen atoms in total. The smallest absolute Gasteiger partial charge is 0.309 e.